The SMILES string of the molecule is CCOc1ccccc1/C=C/C(=O)c1ccc(NC(=O)/C(=C/c2cc(OC)ccc2OC)NC(=O)c2ccccc2)cc1. The predicted octanol–water partition coefficient (Wildman–Crippen LogP) is 6.41. The van der Waals surface area contributed by atoms with E-state index in [1.807, 2.05) is 31.2 Å². The molecular weight excluding hydrogens is 544 g/mol. The van der Waals surface area contributed by atoms with Crippen molar-refractivity contribution in [2.45, 2.75) is 6.92 Å². The minimum Gasteiger partial charge on any atom is -0.497 e. The van der Waals surface area contributed by atoms with Gasteiger partial charge in [-0.1, -0.05) is 36.4 Å². The van der Waals surface area contributed by atoms with Crippen LogP contribution in [0.3, 0.4) is 0 Å². The number of hydrogen-bond donors (Lipinski definition) is 2. The third kappa shape index (κ3) is 8.20. The van der Waals surface area contributed by atoms with Crippen molar-refractivity contribution in [1.29, 1.82) is 0 Å². The normalized spacial score (nSPS) is 11.1. The molecule has 8 heteroatoms. The van der Waals surface area contributed by atoms with E-state index in [2.05, 4.69) is 10.6 Å². The molecule has 4 aromatic carbocycles. The Balaban J connectivity index is 1.55. The van der Waals surface area contributed by atoms with Gasteiger partial charge in [-0.05, 0) is 85.8 Å². The van der Waals surface area contributed by atoms with E-state index in [9.17, 15) is 14.4 Å². The Bertz CT molecular complexity index is 1640. The van der Waals surface area contributed by atoms with Gasteiger partial charge in [-0.25, -0.2) is 0 Å². The van der Waals surface area contributed by atoms with Gasteiger partial charge in [0.15, 0.2) is 5.78 Å². The molecule has 0 aliphatic heterocycles. The number of ether oxygens (including phenoxy) is 3. The summed E-state index contributed by atoms with van der Waals surface area (Å²) < 4.78 is 16.4. The summed E-state index contributed by atoms with van der Waals surface area (Å²) >= 11 is 0. The summed E-state index contributed by atoms with van der Waals surface area (Å²) in [5, 5.41) is 5.50. The molecule has 0 aromatic heterocycles. The van der Waals surface area contributed by atoms with Gasteiger partial charge in [-0.15, -0.1) is 0 Å². The monoisotopic (exact) mass is 576 g/mol. The van der Waals surface area contributed by atoms with Gasteiger partial charge in [0.2, 0.25) is 0 Å². The van der Waals surface area contributed by atoms with Crippen LogP contribution in [0.5, 0.6) is 17.2 Å². The number of ketones is 1. The Kier molecular flexibility index (Phi) is 10.5. The first kappa shape index (κ1) is 30.3. The standard InChI is InChI=1S/C35H32N2O6/c1-4-43-33-13-9-8-10-25(33)16-20-31(38)24-14-17-28(18-15-24)36-35(40)30(37-34(39)26-11-6-5-7-12-26)23-27-22-29(41-2)19-21-32(27)42-3/h5-23H,4H2,1-3H3,(H,36,40)(H,37,39)/b20-16+,30-23-. The number of nitrogens with one attached hydrogen (secondary N) is 2. The molecule has 0 aliphatic rings. The molecule has 4 aromatic rings. The number of amides is 2. The summed E-state index contributed by atoms with van der Waals surface area (Å²) in [6, 6.07) is 27.6. The van der Waals surface area contributed by atoms with E-state index < -0.39 is 11.8 Å². The van der Waals surface area contributed by atoms with E-state index in [-0.39, 0.29) is 11.5 Å². The average molecular weight is 577 g/mol. The molecule has 0 saturated carbocycles. The number of methoxy groups -OCH3 is 2. The number of para-hydroxylation sites is 1. The van der Waals surface area contributed by atoms with E-state index in [0.717, 1.165) is 5.56 Å². The third-order valence-corrected chi connectivity index (χ3v) is 6.33. The molecule has 8 nitrogen and oxygen atoms in total. The lowest BCUT2D eigenvalue weighted by Gasteiger charge is -2.13. The average Bonchev–Trinajstić information content (AvgIpc) is 3.04. The highest BCUT2D eigenvalue weighted by atomic mass is 16.5. The molecule has 0 radical (unpaired) electrons. The van der Waals surface area contributed by atoms with E-state index in [1.165, 1.54) is 26.4 Å². The topological polar surface area (TPSA) is 103 Å². The van der Waals surface area contributed by atoms with Gasteiger partial charge < -0.3 is 24.8 Å². The Labute approximate surface area is 250 Å². The van der Waals surface area contributed by atoms with Crippen molar-refractivity contribution in [3.8, 4) is 17.2 Å². The fourth-order valence-electron chi connectivity index (χ4n) is 4.13. The van der Waals surface area contributed by atoms with Gasteiger partial charge in [-0.3, -0.25) is 14.4 Å². The van der Waals surface area contributed by atoms with Gasteiger partial charge in [0, 0.05) is 27.9 Å². The Morgan fingerprint density at radius 2 is 1.47 bits per heavy atom. The lowest BCUT2D eigenvalue weighted by molar-refractivity contribution is -0.113. The highest BCUT2D eigenvalue weighted by molar-refractivity contribution is 6.11. The molecule has 0 saturated heterocycles. The molecule has 2 N–H and O–H groups in total. The molecule has 0 atom stereocenters. The Hall–Kier alpha value is -5.63. The minimum absolute atomic E-state index is 0.0172. The van der Waals surface area contributed by atoms with Crippen molar-refractivity contribution >= 4 is 35.4 Å². The van der Waals surface area contributed by atoms with Crippen LogP contribution >= 0.6 is 0 Å². The summed E-state index contributed by atoms with van der Waals surface area (Å²) in [5.74, 6) is 0.506. The third-order valence-electron chi connectivity index (χ3n) is 6.33. The number of allylic oxidation sites excluding steroid dienone is 1. The van der Waals surface area contributed by atoms with Crippen LogP contribution in [-0.4, -0.2) is 38.4 Å². The smallest absolute Gasteiger partial charge is 0.272 e. The molecule has 0 bridgehead atoms. The second-order valence-electron chi connectivity index (χ2n) is 9.19. The maximum Gasteiger partial charge on any atom is 0.272 e. The fraction of sp³-hybridized carbons (Fsp3) is 0.114. The quantitative estimate of drug-likeness (QED) is 0.149. The second kappa shape index (κ2) is 14.8. The number of rotatable bonds is 12. The molecule has 0 fully saturated rings. The minimum atomic E-state index is -0.569. The van der Waals surface area contributed by atoms with Crippen LogP contribution in [0.15, 0.2) is 109 Å². The van der Waals surface area contributed by atoms with Gasteiger partial charge in [-0.2, -0.15) is 0 Å². The molecule has 0 unspecified atom stereocenters. The van der Waals surface area contributed by atoms with Crippen LogP contribution in [0.25, 0.3) is 12.2 Å². The Morgan fingerprint density at radius 1 is 0.744 bits per heavy atom. The van der Waals surface area contributed by atoms with E-state index in [1.54, 1.807) is 78.9 Å². The van der Waals surface area contributed by atoms with Crippen molar-refractivity contribution in [3.05, 3.63) is 131 Å². The zero-order valence-corrected chi connectivity index (χ0v) is 24.1. The van der Waals surface area contributed by atoms with Crippen molar-refractivity contribution in [1.82, 2.24) is 5.32 Å². The van der Waals surface area contributed by atoms with Crippen LogP contribution in [0.2, 0.25) is 0 Å². The zero-order valence-electron chi connectivity index (χ0n) is 24.1. The van der Waals surface area contributed by atoms with Gasteiger partial charge in [0.1, 0.15) is 22.9 Å². The molecule has 0 spiro atoms. The van der Waals surface area contributed by atoms with E-state index in [0.29, 0.717) is 46.2 Å². The molecular formula is C35H32N2O6. The number of hydrogen-bond acceptors (Lipinski definition) is 6. The maximum atomic E-state index is 13.4. The highest BCUT2D eigenvalue weighted by Crippen LogP contribution is 2.26. The van der Waals surface area contributed by atoms with Crippen molar-refractivity contribution in [2.75, 3.05) is 26.1 Å². The van der Waals surface area contributed by atoms with Gasteiger partial charge >= 0.3 is 0 Å². The number of carbonyl (C=O) groups is 3. The van der Waals surface area contributed by atoms with Crippen LogP contribution in [0.1, 0.15) is 38.8 Å². The van der Waals surface area contributed by atoms with Crippen molar-refractivity contribution in [3.63, 3.8) is 0 Å². The second-order valence-corrected chi connectivity index (χ2v) is 9.19. The molecule has 2 amide bonds. The van der Waals surface area contributed by atoms with Crippen LogP contribution < -0.4 is 24.8 Å². The summed E-state index contributed by atoms with van der Waals surface area (Å²) in [7, 11) is 3.04. The lowest BCUT2D eigenvalue weighted by Crippen LogP contribution is -2.30. The summed E-state index contributed by atoms with van der Waals surface area (Å²) in [4.78, 5) is 39.2. The number of anilines is 1. The van der Waals surface area contributed by atoms with Gasteiger partial charge in [0.25, 0.3) is 11.8 Å². The highest BCUT2D eigenvalue weighted by Gasteiger charge is 2.17. The van der Waals surface area contributed by atoms with Crippen LogP contribution in [0.4, 0.5) is 5.69 Å². The summed E-state index contributed by atoms with van der Waals surface area (Å²) in [5.41, 5.74) is 2.57. The lowest BCUT2D eigenvalue weighted by atomic mass is 10.1. The van der Waals surface area contributed by atoms with Crippen LogP contribution in [0, 0.1) is 0 Å². The van der Waals surface area contributed by atoms with Crippen molar-refractivity contribution in [2.24, 2.45) is 0 Å². The first-order valence-corrected chi connectivity index (χ1v) is 13.6. The fourth-order valence-corrected chi connectivity index (χ4v) is 4.13. The van der Waals surface area contributed by atoms with Gasteiger partial charge in [0.05, 0.1) is 20.8 Å². The first-order chi connectivity index (χ1) is 20.9. The predicted molar refractivity (Wildman–Crippen MR) is 167 cm³/mol. The zero-order chi connectivity index (χ0) is 30.6. The van der Waals surface area contributed by atoms with E-state index >= 15 is 0 Å². The molecule has 0 aliphatic carbocycles. The molecule has 218 valence electrons. The first-order valence-electron chi connectivity index (χ1n) is 13.6. The Morgan fingerprint density at radius 3 is 2.16 bits per heavy atom. The summed E-state index contributed by atoms with van der Waals surface area (Å²) in [6.07, 6.45) is 4.70. The summed E-state index contributed by atoms with van der Waals surface area (Å²) in [6.45, 7) is 2.42. The number of benzene rings is 4. The van der Waals surface area contributed by atoms with Crippen LogP contribution in [-0.2, 0) is 4.79 Å². The molecule has 4 rings (SSSR count). The molecule has 43 heavy (non-hydrogen) atoms. The maximum absolute atomic E-state index is 13.4. The van der Waals surface area contributed by atoms with Crippen molar-refractivity contribution < 1.29 is 28.6 Å². The number of carbonyl (C=O) groups excluding carboxylic acids is 3. The van der Waals surface area contributed by atoms with E-state index in [4.69, 9.17) is 14.2 Å². The largest absolute Gasteiger partial charge is 0.497 e. The molecule has 0 heterocycles.